The van der Waals surface area contributed by atoms with Gasteiger partial charge in [0.05, 0.1) is 25.9 Å². The first-order valence-corrected chi connectivity index (χ1v) is 3.27. The minimum absolute atomic E-state index is 0.329. The van der Waals surface area contributed by atoms with Gasteiger partial charge in [-0.15, -0.1) is 0 Å². The molecule has 0 aromatic heterocycles. The average molecular weight is 188 g/mol. The van der Waals surface area contributed by atoms with Crippen molar-refractivity contribution in [1.82, 2.24) is 0 Å². The Kier molecular flexibility index (Phi) is 30.0. The average Bonchev–Trinajstić information content (AvgIpc) is 2.06. The summed E-state index contributed by atoms with van der Waals surface area (Å²) in [6.45, 7) is 10.7. The van der Waals surface area contributed by atoms with Crippen LogP contribution in [0.15, 0.2) is 38.5 Å². The van der Waals surface area contributed by atoms with Gasteiger partial charge in [0.1, 0.15) is 0 Å². The molecule has 0 rings (SSSR count). The fourth-order valence-electron chi connectivity index (χ4n) is 0.117. The second-order valence-electron chi connectivity index (χ2n) is 1.36. The Hall–Kier alpha value is -1.71. The molecule has 0 aliphatic heterocycles. The van der Waals surface area contributed by atoms with E-state index in [1.807, 2.05) is 0 Å². The van der Waals surface area contributed by atoms with E-state index >= 15 is 0 Å². The summed E-state index contributed by atoms with van der Waals surface area (Å²) in [5.74, 6) is -0.329. The molecule has 0 heterocycles. The van der Waals surface area contributed by atoms with Crippen molar-refractivity contribution in [2.45, 2.75) is 6.92 Å². The van der Waals surface area contributed by atoms with Crippen LogP contribution < -0.4 is 0 Å². The van der Waals surface area contributed by atoms with Gasteiger partial charge in [0.15, 0.2) is 0 Å². The molecule has 0 radical (unpaired) electrons. The molecule has 0 atom stereocenters. The Bertz CT molecular complexity index is 141. The minimum Gasteiger partial charge on any atom is -0.516 e. The van der Waals surface area contributed by atoms with Crippen LogP contribution in [0, 0.1) is 0 Å². The molecule has 0 bridgehead atoms. The molecule has 0 aliphatic rings. The van der Waals surface area contributed by atoms with Crippen molar-refractivity contribution >= 4 is 5.97 Å². The van der Waals surface area contributed by atoms with Crippen LogP contribution in [0.4, 0.5) is 0 Å². The van der Waals surface area contributed by atoms with Crippen molar-refractivity contribution in [2.75, 3.05) is 7.11 Å². The quantitative estimate of drug-likeness (QED) is 0.533. The van der Waals surface area contributed by atoms with Gasteiger partial charge in [0.25, 0.3) is 0 Å². The highest BCUT2D eigenvalue weighted by Gasteiger charge is 1.79. The summed E-state index contributed by atoms with van der Waals surface area (Å²) in [5.41, 5.74) is 0. The molecule has 1 N–H and O–H groups in total. The Morgan fingerprint density at radius 3 is 1.62 bits per heavy atom. The van der Waals surface area contributed by atoms with Crippen molar-refractivity contribution in [1.29, 1.82) is 0 Å². The van der Waals surface area contributed by atoms with Crippen LogP contribution in [0.25, 0.3) is 0 Å². The number of carbonyl (C=O) groups excluding carboxylic acids is 1. The topological polar surface area (TPSA) is 55.8 Å². The zero-order valence-electron chi connectivity index (χ0n) is 8.03. The van der Waals surface area contributed by atoms with Gasteiger partial charge in [-0.25, -0.2) is 0 Å². The summed E-state index contributed by atoms with van der Waals surface area (Å²) in [6, 6.07) is 0. The number of esters is 1. The molecule has 4 nitrogen and oxygen atoms in total. The normalized spacial score (nSPS) is 5.69. The summed E-state index contributed by atoms with van der Waals surface area (Å²) in [6.07, 6.45) is 3.22. The number of hydrogen-bond acceptors (Lipinski definition) is 4. The van der Waals surface area contributed by atoms with E-state index in [9.17, 15) is 4.79 Å². The van der Waals surface area contributed by atoms with Gasteiger partial charge in [-0.2, -0.15) is 0 Å². The molecule has 4 heteroatoms. The van der Waals surface area contributed by atoms with Crippen molar-refractivity contribution < 1.29 is 19.4 Å². The van der Waals surface area contributed by atoms with E-state index in [0.717, 1.165) is 12.5 Å². The third kappa shape index (κ3) is 135. The monoisotopic (exact) mass is 188 g/mol. The predicted molar refractivity (Wildman–Crippen MR) is 52.0 cm³/mol. The lowest BCUT2D eigenvalue weighted by Gasteiger charge is -1.83. The molecule has 0 amide bonds. The molecule has 0 saturated heterocycles. The van der Waals surface area contributed by atoms with Gasteiger partial charge in [-0.1, -0.05) is 19.7 Å². The highest BCUT2D eigenvalue weighted by molar-refractivity contribution is 5.66. The van der Waals surface area contributed by atoms with Crippen LogP contribution in [-0.2, 0) is 14.3 Å². The third-order valence-electron chi connectivity index (χ3n) is 0.416. The maximum Gasteiger partial charge on any atom is 0.307 e. The van der Waals surface area contributed by atoms with Crippen molar-refractivity contribution in [3.8, 4) is 0 Å². The van der Waals surface area contributed by atoms with E-state index in [1.54, 1.807) is 7.11 Å². The number of ether oxygens (including phenoxy) is 2. The SMILES string of the molecule is C=CO.C=COC.C=COC(C)=O. The maximum atomic E-state index is 9.75. The molecule has 0 spiro atoms. The van der Waals surface area contributed by atoms with Gasteiger partial charge in [-0.3, -0.25) is 4.79 Å². The zero-order valence-corrected chi connectivity index (χ0v) is 8.03. The zero-order chi connectivity index (χ0) is 11.1. The van der Waals surface area contributed by atoms with Crippen LogP contribution in [0.3, 0.4) is 0 Å². The highest BCUT2D eigenvalue weighted by atomic mass is 16.5. The Balaban J connectivity index is -0.000000125. The number of methoxy groups -OCH3 is 1. The van der Waals surface area contributed by atoms with Crippen LogP contribution in [-0.4, -0.2) is 18.2 Å². The molecule has 0 aromatic carbocycles. The molecular weight excluding hydrogens is 172 g/mol. The summed E-state index contributed by atoms with van der Waals surface area (Å²) >= 11 is 0. The van der Waals surface area contributed by atoms with Crippen molar-refractivity contribution in [3.63, 3.8) is 0 Å². The molecule has 13 heavy (non-hydrogen) atoms. The largest absolute Gasteiger partial charge is 0.516 e. The fraction of sp³-hybridized carbons (Fsp3) is 0.222. The second kappa shape index (κ2) is 22.4. The summed E-state index contributed by atoms with van der Waals surface area (Å²) in [4.78, 5) is 9.75. The van der Waals surface area contributed by atoms with Crippen molar-refractivity contribution in [3.05, 3.63) is 38.5 Å². The van der Waals surface area contributed by atoms with E-state index in [0.29, 0.717) is 0 Å². The van der Waals surface area contributed by atoms with Gasteiger partial charge in [0.2, 0.25) is 0 Å². The minimum atomic E-state index is -0.329. The van der Waals surface area contributed by atoms with E-state index in [4.69, 9.17) is 5.11 Å². The second-order valence-corrected chi connectivity index (χ2v) is 1.36. The van der Waals surface area contributed by atoms with Gasteiger partial charge in [0, 0.05) is 6.92 Å². The molecule has 0 fully saturated rings. The lowest BCUT2D eigenvalue weighted by atomic mass is 10.8. The molecule has 76 valence electrons. The van der Waals surface area contributed by atoms with Crippen LogP contribution in [0.5, 0.6) is 0 Å². The van der Waals surface area contributed by atoms with Crippen LogP contribution in [0.2, 0.25) is 0 Å². The van der Waals surface area contributed by atoms with Gasteiger partial charge < -0.3 is 14.6 Å². The fourth-order valence-corrected chi connectivity index (χ4v) is 0.117. The number of carbonyl (C=O) groups is 1. The standard InChI is InChI=1S/C4H6O2.C3H6O.C2H4O/c1-3-6-4(2)5;1-3-4-2;1-2-3/h3H,1H2,2H3;3H,1H2,2H3;2-3H,1H2. The summed E-state index contributed by atoms with van der Waals surface area (Å²) in [7, 11) is 1.56. The molecule has 0 unspecified atom stereocenters. The molecule has 0 saturated carbocycles. The van der Waals surface area contributed by atoms with E-state index in [1.165, 1.54) is 13.2 Å². The van der Waals surface area contributed by atoms with Crippen molar-refractivity contribution in [2.24, 2.45) is 0 Å². The number of rotatable bonds is 2. The molecule has 0 aromatic rings. The Labute approximate surface area is 78.8 Å². The third-order valence-corrected chi connectivity index (χ3v) is 0.416. The smallest absolute Gasteiger partial charge is 0.307 e. The van der Waals surface area contributed by atoms with Gasteiger partial charge in [-0.05, 0) is 0 Å². The molecule has 0 aliphatic carbocycles. The number of aliphatic hydroxyl groups is 1. The number of hydrogen-bond donors (Lipinski definition) is 1. The molecular formula is C9H16O4. The lowest BCUT2D eigenvalue weighted by molar-refractivity contribution is -0.135. The lowest BCUT2D eigenvalue weighted by Crippen LogP contribution is -1.87. The summed E-state index contributed by atoms with van der Waals surface area (Å²) in [5, 5.41) is 7.33. The maximum absolute atomic E-state index is 9.75. The first-order chi connectivity index (χ1) is 6.10. The predicted octanol–water partition coefficient (Wildman–Crippen LogP) is 2.16. The van der Waals surface area contributed by atoms with E-state index < -0.39 is 0 Å². The first kappa shape index (κ1) is 17.4. The Morgan fingerprint density at radius 1 is 1.31 bits per heavy atom. The van der Waals surface area contributed by atoms with Crippen LogP contribution in [0.1, 0.15) is 6.92 Å². The van der Waals surface area contributed by atoms with Gasteiger partial charge >= 0.3 is 5.97 Å². The highest BCUT2D eigenvalue weighted by Crippen LogP contribution is 1.70. The van der Waals surface area contributed by atoms with Crippen LogP contribution >= 0.6 is 0 Å². The summed E-state index contributed by atoms with van der Waals surface area (Å²) < 4.78 is 8.47. The van der Waals surface area contributed by atoms with E-state index in [2.05, 4.69) is 29.2 Å². The number of aliphatic hydroxyl groups excluding tert-OH is 1. The first-order valence-electron chi connectivity index (χ1n) is 3.27. The van der Waals surface area contributed by atoms with E-state index in [-0.39, 0.29) is 5.97 Å². The Morgan fingerprint density at radius 2 is 1.62 bits per heavy atom.